The Kier molecular flexibility index (Phi) is 3.84. The molecule has 0 saturated heterocycles. The molecule has 0 bridgehead atoms. The van der Waals surface area contributed by atoms with Crippen LogP contribution in [0.15, 0.2) is 41.0 Å². The first-order valence-corrected chi connectivity index (χ1v) is 8.27. The summed E-state index contributed by atoms with van der Waals surface area (Å²) in [7, 11) is 1.92. The molecule has 0 radical (unpaired) electrons. The lowest BCUT2D eigenvalue weighted by Gasteiger charge is -2.07. The smallest absolute Gasteiger partial charge is 0.181 e. The van der Waals surface area contributed by atoms with E-state index in [1.54, 1.807) is 6.26 Å². The van der Waals surface area contributed by atoms with Crippen molar-refractivity contribution in [1.82, 2.24) is 29.9 Å². The SMILES string of the molecule is Cc1ccc(-c2nc(-c3ccco3)cc(-c3c(C)nn(C)c3C)n2)nn1. The van der Waals surface area contributed by atoms with Crippen LogP contribution in [0.2, 0.25) is 0 Å². The zero-order valence-corrected chi connectivity index (χ0v) is 15.1. The van der Waals surface area contributed by atoms with Crippen molar-refractivity contribution >= 4 is 0 Å². The molecule has 4 aromatic heterocycles. The van der Waals surface area contributed by atoms with Gasteiger partial charge in [-0.2, -0.15) is 10.2 Å². The molecular weight excluding hydrogens is 328 g/mol. The van der Waals surface area contributed by atoms with E-state index in [-0.39, 0.29) is 0 Å². The van der Waals surface area contributed by atoms with E-state index in [0.717, 1.165) is 28.3 Å². The summed E-state index contributed by atoms with van der Waals surface area (Å²) < 4.78 is 7.39. The van der Waals surface area contributed by atoms with E-state index in [1.807, 2.05) is 62.8 Å². The minimum atomic E-state index is 0.504. The Morgan fingerprint density at radius 2 is 1.73 bits per heavy atom. The average Bonchev–Trinajstić information content (AvgIpc) is 3.24. The summed E-state index contributed by atoms with van der Waals surface area (Å²) in [4.78, 5) is 9.37. The molecule has 7 heteroatoms. The molecule has 130 valence electrons. The number of aromatic nitrogens is 6. The molecule has 4 rings (SSSR count). The summed E-state index contributed by atoms with van der Waals surface area (Å²) in [6.07, 6.45) is 1.63. The normalized spacial score (nSPS) is 11.1. The van der Waals surface area contributed by atoms with Crippen LogP contribution >= 0.6 is 0 Å². The van der Waals surface area contributed by atoms with Crippen LogP contribution in [-0.2, 0) is 7.05 Å². The summed E-state index contributed by atoms with van der Waals surface area (Å²) in [5.41, 5.74) is 5.87. The van der Waals surface area contributed by atoms with E-state index in [0.29, 0.717) is 23.0 Å². The van der Waals surface area contributed by atoms with Gasteiger partial charge in [0.2, 0.25) is 0 Å². The highest BCUT2D eigenvalue weighted by Crippen LogP contribution is 2.30. The Morgan fingerprint density at radius 1 is 0.923 bits per heavy atom. The molecule has 0 aliphatic carbocycles. The van der Waals surface area contributed by atoms with Gasteiger partial charge in [-0.3, -0.25) is 4.68 Å². The summed E-state index contributed by atoms with van der Waals surface area (Å²) in [6.45, 7) is 5.89. The number of hydrogen-bond donors (Lipinski definition) is 0. The summed E-state index contributed by atoms with van der Waals surface area (Å²) >= 11 is 0. The Labute approximate surface area is 150 Å². The largest absolute Gasteiger partial charge is 0.463 e. The summed E-state index contributed by atoms with van der Waals surface area (Å²) in [6, 6.07) is 9.39. The highest BCUT2D eigenvalue weighted by molar-refractivity contribution is 5.71. The molecule has 26 heavy (non-hydrogen) atoms. The second-order valence-corrected chi connectivity index (χ2v) is 6.17. The van der Waals surface area contributed by atoms with Gasteiger partial charge in [0.15, 0.2) is 11.6 Å². The van der Waals surface area contributed by atoms with E-state index in [9.17, 15) is 0 Å². The van der Waals surface area contributed by atoms with Crippen molar-refractivity contribution in [3.8, 4) is 34.2 Å². The Balaban J connectivity index is 1.95. The van der Waals surface area contributed by atoms with Crippen molar-refractivity contribution in [1.29, 1.82) is 0 Å². The number of nitrogens with zero attached hydrogens (tertiary/aromatic N) is 6. The maximum absolute atomic E-state index is 5.54. The highest BCUT2D eigenvalue weighted by Gasteiger charge is 2.18. The molecular formula is C19H18N6O. The van der Waals surface area contributed by atoms with Gasteiger partial charge in [0.25, 0.3) is 0 Å². The number of rotatable bonds is 3. The Hall–Kier alpha value is -3.35. The Morgan fingerprint density at radius 3 is 2.35 bits per heavy atom. The van der Waals surface area contributed by atoms with Gasteiger partial charge in [-0.15, -0.1) is 5.10 Å². The second kappa shape index (κ2) is 6.18. The quantitative estimate of drug-likeness (QED) is 0.564. The minimum absolute atomic E-state index is 0.504. The fraction of sp³-hybridized carbons (Fsp3) is 0.211. The van der Waals surface area contributed by atoms with Crippen molar-refractivity contribution in [2.75, 3.05) is 0 Å². The fourth-order valence-corrected chi connectivity index (χ4v) is 2.90. The lowest BCUT2D eigenvalue weighted by molar-refractivity contribution is 0.580. The van der Waals surface area contributed by atoms with Gasteiger partial charge < -0.3 is 4.42 Å². The van der Waals surface area contributed by atoms with E-state index in [1.165, 1.54) is 0 Å². The van der Waals surface area contributed by atoms with Crippen LogP contribution in [-0.4, -0.2) is 29.9 Å². The predicted octanol–water partition coefficient (Wildman–Crippen LogP) is 3.52. The lowest BCUT2D eigenvalue weighted by Crippen LogP contribution is -1.99. The minimum Gasteiger partial charge on any atom is -0.463 e. The van der Waals surface area contributed by atoms with E-state index in [4.69, 9.17) is 9.40 Å². The van der Waals surface area contributed by atoms with Gasteiger partial charge in [-0.1, -0.05) is 0 Å². The zero-order valence-electron chi connectivity index (χ0n) is 15.1. The summed E-state index contributed by atoms with van der Waals surface area (Å²) in [5, 5.41) is 12.8. The third kappa shape index (κ3) is 2.77. The van der Waals surface area contributed by atoms with Crippen molar-refractivity contribution in [3.63, 3.8) is 0 Å². The van der Waals surface area contributed by atoms with Gasteiger partial charge in [0, 0.05) is 18.3 Å². The monoisotopic (exact) mass is 346 g/mol. The first-order valence-electron chi connectivity index (χ1n) is 8.27. The number of hydrogen-bond acceptors (Lipinski definition) is 6. The lowest BCUT2D eigenvalue weighted by atomic mass is 10.1. The molecule has 0 amide bonds. The molecule has 0 aliphatic rings. The zero-order chi connectivity index (χ0) is 18.3. The second-order valence-electron chi connectivity index (χ2n) is 6.17. The van der Waals surface area contributed by atoms with Crippen molar-refractivity contribution in [2.24, 2.45) is 7.05 Å². The predicted molar refractivity (Wildman–Crippen MR) is 97.2 cm³/mol. The molecule has 0 aromatic carbocycles. The van der Waals surface area contributed by atoms with Crippen LogP contribution < -0.4 is 0 Å². The molecule has 4 aromatic rings. The third-order valence-electron chi connectivity index (χ3n) is 4.29. The Bertz CT molecular complexity index is 1060. The molecule has 0 saturated carbocycles. The fourth-order valence-electron chi connectivity index (χ4n) is 2.90. The van der Waals surface area contributed by atoms with Crippen LogP contribution in [0.3, 0.4) is 0 Å². The van der Waals surface area contributed by atoms with Crippen molar-refractivity contribution < 1.29 is 4.42 Å². The maximum Gasteiger partial charge on any atom is 0.181 e. The first kappa shape index (κ1) is 16.1. The molecule has 0 aliphatic heterocycles. The molecule has 4 heterocycles. The standard InChI is InChI=1S/C19H18N6O/c1-11-7-8-14(23-22-11)19-20-15(17-6-5-9-26-17)10-16(21-19)18-12(2)24-25(4)13(18)3/h5-10H,1-4H3. The molecule has 0 unspecified atom stereocenters. The van der Waals surface area contributed by atoms with E-state index in [2.05, 4.69) is 20.3 Å². The first-order chi connectivity index (χ1) is 12.5. The van der Waals surface area contributed by atoms with Crippen LogP contribution in [0.1, 0.15) is 17.1 Å². The molecule has 7 nitrogen and oxygen atoms in total. The van der Waals surface area contributed by atoms with Gasteiger partial charge in [0.05, 0.1) is 23.3 Å². The topological polar surface area (TPSA) is 82.5 Å². The van der Waals surface area contributed by atoms with E-state index >= 15 is 0 Å². The van der Waals surface area contributed by atoms with Crippen molar-refractivity contribution in [3.05, 3.63) is 53.7 Å². The third-order valence-corrected chi connectivity index (χ3v) is 4.29. The number of aryl methyl sites for hydroxylation is 3. The average molecular weight is 346 g/mol. The van der Waals surface area contributed by atoms with Gasteiger partial charge in [-0.05, 0) is 51.1 Å². The van der Waals surface area contributed by atoms with Gasteiger partial charge in [-0.25, -0.2) is 9.97 Å². The molecule has 0 N–H and O–H groups in total. The van der Waals surface area contributed by atoms with Crippen molar-refractivity contribution in [2.45, 2.75) is 20.8 Å². The van der Waals surface area contributed by atoms with Gasteiger partial charge >= 0.3 is 0 Å². The molecule has 0 spiro atoms. The molecule has 0 fully saturated rings. The van der Waals surface area contributed by atoms with Gasteiger partial charge in [0.1, 0.15) is 11.4 Å². The van der Waals surface area contributed by atoms with Crippen LogP contribution in [0, 0.1) is 20.8 Å². The highest BCUT2D eigenvalue weighted by atomic mass is 16.3. The summed E-state index contributed by atoms with van der Waals surface area (Å²) in [5.74, 6) is 1.18. The van der Waals surface area contributed by atoms with E-state index < -0.39 is 0 Å². The molecule has 0 atom stereocenters. The van der Waals surface area contributed by atoms with Crippen LogP contribution in [0.4, 0.5) is 0 Å². The van der Waals surface area contributed by atoms with Crippen LogP contribution in [0.5, 0.6) is 0 Å². The van der Waals surface area contributed by atoms with Crippen LogP contribution in [0.25, 0.3) is 34.2 Å². The maximum atomic E-state index is 5.54. The number of furan rings is 1.